The number of nitrogens with zero attached hydrogens (tertiary/aromatic N) is 2. The van der Waals surface area contributed by atoms with Crippen molar-refractivity contribution < 1.29 is 18.8 Å². The molecule has 0 fully saturated rings. The largest absolute Gasteiger partial charge is 0.497 e. The number of hydrogen-bond acceptors (Lipinski definition) is 4. The molecule has 0 spiro atoms. The van der Waals surface area contributed by atoms with Crippen molar-refractivity contribution in [1.29, 1.82) is 0 Å². The number of benzene rings is 2. The number of halogens is 2. The fraction of sp³-hybridized carbons (Fsp3) is 0.150. The fourth-order valence-corrected chi connectivity index (χ4v) is 2.67. The van der Waals surface area contributed by atoms with Crippen LogP contribution in [-0.2, 0) is 6.54 Å². The van der Waals surface area contributed by atoms with E-state index >= 15 is 0 Å². The molecule has 140 valence electrons. The number of hydrogen-bond donors (Lipinski definition) is 0. The predicted molar refractivity (Wildman–Crippen MR) is 109 cm³/mol. The van der Waals surface area contributed by atoms with Crippen LogP contribution < -0.4 is 14.0 Å². The molecule has 0 atom stereocenters. The molecule has 1 aromatic heterocycles. The Hall–Kier alpha value is -2.44. The van der Waals surface area contributed by atoms with Gasteiger partial charge in [0.1, 0.15) is 11.5 Å². The average molecular weight is 451 g/mol. The zero-order valence-electron chi connectivity index (χ0n) is 14.9. The lowest BCUT2D eigenvalue weighted by Crippen LogP contribution is -2.37. The van der Waals surface area contributed by atoms with Gasteiger partial charge in [-0.1, -0.05) is 11.6 Å². The predicted octanol–water partition coefficient (Wildman–Crippen LogP) is 4.17. The van der Waals surface area contributed by atoms with Gasteiger partial charge in [-0.05, 0) is 41.4 Å². The molecular formula is C20H19BrClN2O3+. The molecule has 0 saturated carbocycles. The van der Waals surface area contributed by atoms with Crippen molar-refractivity contribution in [1.82, 2.24) is 4.98 Å². The highest BCUT2D eigenvalue weighted by Gasteiger charge is 2.15. The average Bonchev–Trinajstić information content (AvgIpc) is 2.68. The molecular weight excluding hydrogens is 432 g/mol. The van der Waals surface area contributed by atoms with E-state index in [-0.39, 0.29) is 29.3 Å². The van der Waals surface area contributed by atoms with E-state index in [0.717, 1.165) is 11.3 Å². The number of carbonyl (C=O) groups is 1. The number of ether oxygens (including phenoxy) is 2. The number of aromatic nitrogens is 2. The number of Topliss-reactive ketones (excluding diaryl/α,β-unsaturated/α-hetero) is 1. The van der Waals surface area contributed by atoms with E-state index in [0.29, 0.717) is 22.1 Å². The first-order valence-electron chi connectivity index (χ1n) is 7.97. The Morgan fingerprint density at radius 1 is 1.07 bits per heavy atom. The Morgan fingerprint density at radius 3 is 2.41 bits per heavy atom. The lowest BCUT2D eigenvalue weighted by molar-refractivity contribution is -0.686. The molecule has 3 aromatic rings. The summed E-state index contributed by atoms with van der Waals surface area (Å²) in [7, 11) is 3.21. The van der Waals surface area contributed by atoms with Crippen LogP contribution in [0.1, 0.15) is 10.4 Å². The second kappa shape index (κ2) is 9.48. The maximum Gasteiger partial charge on any atom is 0.287 e. The summed E-state index contributed by atoms with van der Waals surface area (Å²) in [4.78, 5) is 16.8. The van der Waals surface area contributed by atoms with Gasteiger partial charge in [0.05, 0.1) is 26.0 Å². The highest BCUT2D eigenvalue weighted by atomic mass is 79.9. The molecule has 5 nitrogen and oxygen atoms in total. The zero-order valence-corrected chi connectivity index (χ0v) is 17.4. The highest BCUT2D eigenvalue weighted by molar-refractivity contribution is 8.93. The van der Waals surface area contributed by atoms with Gasteiger partial charge < -0.3 is 9.47 Å². The molecule has 0 unspecified atom stereocenters. The van der Waals surface area contributed by atoms with Crippen LogP contribution in [0.4, 0.5) is 0 Å². The van der Waals surface area contributed by atoms with Crippen LogP contribution >= 0.6 is 28.6 Å². The first-order chi connectivity index (χ1) is 12.6. The Balaban J connectivity index is 0.00000261. The van der Waals surface area contributed by atoms with Crippen LogP contribution in [0.5, 0.6) is 11.5 Å². The minimum Gasteiger partial charge on any atom is -0.497 e. The number of methoxy groups -OCH3 is 2. The summed E-state index contributed by atoms with van der Waals surface area (Å²) >= 11 is 5.85. The summed E-state index contributed by atoms with van der Waals surface area (Å²) < 4.78 is 12.4. The Labute approximate surface area is 173 Å². The van der Waals surface area contributed by atoms with Gasteiger partial charge in [-0.15, -0.1) is 17.0 Å². The second-order valence-electron chi connectivity index (χ2n) is 5.61. The minimum absolute atomic E-state index is 0. The standard InChI is InChI=1S/C20H18ClN2O3.BrH/c1-25-16-7-8-17(20(11-16)26-2)18-9-10-23(13-22-18)12-19(24)14-3-5-15(21)6-4-14;/h3-11,13H,12H2,1-2H3;1H/q+1;. The maximum absolute atomic E-state index is 12.3. The maximum atomic E-state index is 12.3. The van der Waals surface area contributed by atoms with Gasteiger partial charge in [0, 0.05) is 22.7 Å². The Morgan fingerprint density at radius 2 is 1.81 bits per heavy atom. The molecule has 27 heavy (non-hydrogen) atoms. The van der Waals surface area contributed by atoms with Gasteiger partial charge in [-0.3, -0.25) is 4.79 Å². The molecule has 0 bridgehead atoms. The summed E-state index contributed by atoms with van der Waals surface area (Å²) in [5.74, 6) is 1.38. The van der Waals surface area contributed by atoms with E-state index in [9.17, 15) is 4.79 Å². The third kappa shape index (κ3) is 5.05. The molecule has 0 aliphatic rings. The van der Waals surface area contributed by atoms with E-state index in [1.165, 1.54) is 0 Å². The molecule has 1 heterocycles. The van der Waals surface area contributed by atoms with Crippen LogP contribution in [0, 0.1) is 0 Å². The van der Waals surface area contributed by atoms with Crippen LogP contribution in [0.3, 0.4) is 0 Å². The van der Waals surface area contributed by atoms with E-state index < -0.39 is 0 Å². The van der Waals surface area contributed by atoms with Crippen molar-refractivity contribution in [3.05, 3.63) is 71.6 Å². The van der Waals surface area contributed by atoms with Crippen molar-refractivity contribution in [2.24, 2.45) is 0 Å². The molecule has 3 rings (SSSR count). The molecule has 0 aliphatic carbocycles. The quantitative estimate of drug-likeness (QED) is 0.418. The topological polar surface area (TPSA) is 52.3 Å². The van der Waals surface area contributed by atoms with Gasteiger partial charge in [0.2, 0.25) is 5.78 Å². The first-order valence-corrected chi connectivity index (χ1v) is 8.35. The third-order valence-corrected chi connectivity index (χ3v) is 4.20. The second-order valence-corrected chi connectivity index (χ2v) is 6.05. The molecule has 0 N–H and O–H groups in total. The number of rotatable bonds is 6. The van der Waals surface area contributed by atoms with Gasteiger partial charge in [-0.25, -0.2) is 4.57 Å². The first kappa shape index (κ1) is 20.9. The van der Waals surface area contributed by atoms with Crippen LogP contribution in [-0.4, -0.2) is 25.0 Å². The van der Waals surface area contributed by atoms with Gasteiger partial charge >= 0.3 is 0 Å². The molecule has 0 aliphatic heterocycles. The monoisotopic (exact) mass is 449 g/mol. The molecule has 0 saturated heterocycles. The summed E-state index contributed by atoms with van der Waals surface area (Å²) in [6.45, 7) is 0.203. The van der Waals surface area contributed by atoms with Gasteiger partial charge in [0.15, 0.2) is 12.2 Å². The zero-order chi connectivity index (χ0) is 18.5. The van der Waals surface area contributed by atoms with Crippen molar-refractivity contribution in [2.75, 3.05) is 14.2 Å². The van der Waals surface area contributed by atoms with Crippen molar-refractivity contribution in [3.8, 4) is 22.8 Å². The fourth-order valence-electron chi connectivity index (χ4n) is 2.54. The normalized spacial score (nSPS) is 10.0. The molecule has 7 heteroatoms. The van der Waals surface area contributed by atoms with E-state index in [1.54, 1.807) is 49.4 Å². The molecule has 0 amide bonds. The van der Waals surface area contributed by atoms with Gasteiger partial charge in [-0.2, -0.15) is 0 Å². The van der Waals surface area contributed by atoms with E-state index in [2.05, 4.69) is 4.98 Å². The Kier molecular flexibility index (Phi) is 7.33. The van der Waals surface area contributed by atoms with Gasteiger partial charge in [0.25, 0.3) is 6.33 Å². The third-order valence-electron chi connectivity index (χ3n) is 3.95. The van der Waals surface area contributed by atoms with E-state index in [4.69, 9.17) is 21.1 Å². The highest BCUT2D eigenvalue weighted by Crippen LogP contribution is 2.31. The molecule has 2 aromatic carbocycles. The summed E-state index contributed by atoms with van der Waals surface area (Å²) in [6, 6.07) is 14.2. The summed E-state index contributed by atoms with van der Waals surface area (Å²) in [5.41, 5.74) is 2.21. The minimum atomic E-state index is -0.0109. The summed E-state index contributed by atoms with van der Waals surface area (Å²) in [5, 5.41) is 0.605. The lowest BCUT2D eigenvalue weighted by atomic mass is 10.1. The number of ketones is 1. The molecule has 0 radical (unpaired) electrons. The SMILES string of the molecule is Br.COc1ccc(-c2cc[n+](CC(=O)c3ccc(Cl)cc3)cn2)c(OC)c1. The van der Waals surface area contributed by atoms with Crippen molar-refractivity contribution in [3.63, 3.8) is 0 Å². The van der Waals surface area contributed by atoms with Crippen molar-refractivity contribution >= 4 is 34.4 Å². The summed E-state index contributed by atoms with van der Waals surface area (Å²) in [6.07, 6.45) is 3.45. The van der Waals surface area contributed by atoms with Crippen molar-refractivity contribution in [2.45, 2.75) is 6.54 Å². The van der Waals surface area contributed by atoms with Crippen LogP contribution in [0.15, 0.2) is 61.1 Å². The Bertz CT molecular complexity index is 916. The smallest absolute Gasteiger partial charge is 0.287 e. The lowest BCUT2D eigenvalue weighted by Gasteiger charge is -2.08. The van der Waals surface area contributed by atoms with Crippen LogP contribution in [0.25, 0.3) is 11.3 Å². The van der Waals surface area contributed by atoms with E-state index in [1.807, 2.05) is 30.5 Å². The number of carbonyl (C=O) groups excluding carboxylic acids is 1. The van der Waals surface area contributed by atoms with Crippen LogP contribution in [0.2, 0.25) is 5.02 Å².